The van der Waals surface area contributed by atoms with E-state index >= 15 is 0 Å². The molecule has 0 atom stereocenters. The van der Waals surface area contributed by atoms with E-state index in [1.807, 2.05) is 6.92 Å². The molecule has 2 aliphatic rings. The maximum atomic E-state index is 12.2. The molecule has 0 amide bonds. The van der Waals surface area contributed by atoms with Crippen LogP contribution in [-0.4, -0.2) is 25.2 Å². The number of aliphatic hydroxyl groups is 1. The summed E-state index contributed by atoms with van der Waals surface area (Å²) in [6, 6.07) is 6.69. The van der Waals surface area contributed by atoms with E-state index in [2.05, 4.69) is 0 Å². The first kappa shape index (κ1) is 15.0. The van der Waals surface area contributed by atoms with Gasteiger partial charge in [0.1, 0.15) is 0 Å². The predicted octanol–water partition coefficient (Wildman–Crippen LogP) is 2.78. The molecular weight excluding hydrogens is 288 g/mol. The molecule has 4 nitrogen and oxygen atoms in total. The van der Waals surface area contributed by atoms with Crippen LogP contribution in [0.1, 0.15) is 44.1 Å². The largest absolute Gasteiger partial charge is 0.390 e. The first-order valence-electron chi connectivity index (χ1n) is 7.61. The third-order valence-electron chi connectivity index (χ3n) is 4.71. The molecule has 0 heterocycles. The van der Waals surface area contributed by atoms with E-state index in [1.165, 1.54) is 0 Å². The zero-order valence-corrected chi connectivity index (χ0v) is 13.1. The summed E-state index contributed by atoms with van der Waals surface area (Å²) >= 11 is 0. The zero-order valence-electron chi connectivity index (χ0n) is 12.3. The molecule has 5 heteroatoms. The Morgan fingerprint density at radius 2 is 1.67 bits per heavy atom. The predicted molar refractivity (Wildman–Crippen MR) is 79.4 cm³/mol. The minimum Gasteiger partial charge on any atom is -0.390 e. The highest BCUT2D eigenvalue weighted by Gasteiger charge is 2.46. The van der Waals surface area contributed by atoms with Crippen molar-refractivity contribution in [1.82, 2.24) is 0 Å². The zero-order chi connectivity index (χ0) is 15.1. The van der Waals surface area contributed by atoms with Gasteiger partial charge in [-0.1, -0.05) is 17.7 Å². The molecule has 0 saturated heterocycles. The van der Waals surface area contributed by atoms with Gasteiger partial charge in [-0.3, -0.25) is 4.18 Å². The van der Waals surface area contributed by atoms with Crippen LogP contribution in [0.15, 0.2) is 29.2 Å². The van der Waals surface area contributed by atoms with Gasteiger partial charge < -0.3 is 5.11 Å². The topological polar surface area (TPSA) is 63.6 Å². The van der Waals surface area contributed by atoms with Gasteiger partial charge in [0, 0.05) is 0 Å². The summed E-state index contributed by atoms with van der Waals surface area (Å²) in [5.74, 6) is 0.423. The molecule has 0 spiro atoms. The highest BCUT2D eigenvalue weighted by atomic mass is 32.2. The number of hydrogen-bond donors (Lipinski definition) is 1. The molecular formula is C16H22O4S. The van der Waals surface area contributed by atoms with E-state index in [-0.39, 0.29) is 11.0 Å². The van der Waals surface area contributed by atoms with Crippen molar-refractivity contribution in [3.05, 3.63) is 29.8 Å². The summed E-state index contributed by atoms with van der Waals surface area (Å²) in [6.45, 7) is 1.91. The van der Waals surface area contributed by atoms with Gasteiger partial charge in [0.25, 0.3) is 10.1 Å². The van der Waals surface area contributed by atoms with Gasteiger partial charge in [-0.25, -0.2) is 0 Å². The van der Waals surface area contributed by atoms with Crippen LogP contribution in [0.25, 0.3) is 0 Å². The normalized spacial score (nSPS) is 30.3. The fraction of sp³-hybridized carbons (Fsp3) is 0.625. The van der Waals surface area contributed by atoms with Crippen LogP contribution >= 0.6 is 0 Å². The van der Waals surface area contributed by atoms with E-state index in [9.17, 15) is 13.5 Å². The Labute approximate surface area is 126 Å². The molecule has 0 aliphatic heterocycles. The van der Waals surface area contributed by atoms with E-state index in [1.54, 1.807) is 24.3 Å². The Morgan fingerprint density at radius 1 is 1.10 bits per heavy atom. The van der Waals surface area contributed by atoms with E-state index in [0.29, 0.717) is 31.6 Å². The second kappa shape index (κ2) is 5.38. The van der Waals surface area contributed by atoms with Crippen LogP contribution in [0.3, 0.4) is 0 Å². The number of aryl methyl sites for hydroxylation is 1. The Bertz CT molecular complexity index is 594. The molecule has 2 saturated carbocycles. The summed E-state index contributed by atoms with van der Waals surface area (Å²) in [5.41, 5.74) is 0.439. The maximum Gasteiger partial charge on any atom is 0.297 e. The van der Waals surface area contributed by atoms with Gasteiger partial charge in [0.05, 0.1) is 16.6 Å². The van der Waals surface area contributed by atoms with Crippen molar-refractivity contribution in [2.24, 2.45) is 5.92 Å². The first-order valence-corrected chi connectivity index (χ1v) is 9.02. The summed E-state index contributed by atoms with van der Waals surface area (Å²) < 4.78 is 29.8. The van der Waals surface area contributed by atoms with Crippen molar-refractivity contribution < 1.29 is 17.7 Å². The molecule has 1 N–H and O–H groups in total. The molecule has 2 aliphatic carbocycles. The average molecular weight is 310 g/mol. The maximum absolute atomic E-state index is 12.2. The monoisotopic (exact) mass is 310 g/mol. The van der Waals surface area contributed by atoms with Crippen molar-refractivity contribution in [1.29, 1.82) is 0 Å². The summed E-state index contributed by atoms with van der Waals surface area (Å²) in [7, 11) is -3.70. The summed E-state index contributed by atoms with van der Waals surface area (Å²) in [5, 5.41) is 10.5. The Hall–Kier alpha value is -0.910. The summed E-state index contributed by atoms with van der Waals surface area (Å²) in [4.78, 5) is 0.205. The van der Waals surface area contributed by atoms with Crippen LogP contribution in [0.4, 0.5) is 0 Å². The molecule has 116 valence electrons. The standard InChI is InChI=1S/C16H22O4S/c1-12-2-6-15(7-3-12)21(18,19)20-14-8-10-16(17,11-9-14)13-4-5-13/h2-3,6-7,13-14,17H,4-5,8-11H2,1H3. The van der Waals surface area contributed by atoms with Crippen molar-refractivity contribution in [2.45, 2.75) is 62.0 Å². The van der Waals surface area contributed by atoms with Crippen LogP contribution in [0, 0.1) is 12.8 Å². The van der Waals surface area contributed by atoms with Crippen LogP contribution in [0.5, 0.6) is 0 Å². The lowest BCUT2D eigenvalue weighted by Gasteiger charge is -2.35. The van der Waals surface area contributed by atoms with Crippen molar-refractivity contribution in [2.75, 3.05) is 0 Å². The second-order valence-electron chi connectivity index (χ2n) is 6.44. The highest BCUT2D eigenvalue weighted by Crippen LogP contribution is 2.47. The SMILES string of the molecule is Cc1ccc(S(=O)(=O)OC2CCC(O)(C3CC3)CC2)cc1. The van der Waals surface area contributed by atoms with E-state index < -0.39 is 15.7 Å². The number of rotatable bonds is 4. The van der Waals surface area contributed by atoms with Crippen LogP contribution in [-0.2, 0) is 14.3 Å². The minimum absolute atomic E-state index is 0.205. The molecule has 3 rings (SSSR count). The molecule has 2 fully saturated rings. The molecule has 1 aromatic carbocycles. The molecule has 0 radical (unpaired) electrons. The van der Waals surface area contributed by atoms with Crippen molar-refractivity contribution >= 4 is 10.1 Å². The van der Waals surface area contributed by atoms with Crippen molar-refractivity contribution in [3.63, 3.8) is 0 Å². The number of benzene rings is 1. The quantitative estimate of drug-likeness (QED) is 0.869. The Morgan fingerprint density at radius 3 is 2.19 bits per heavy atom. The lowest BCUT2D eigenvalue weighted by Crippen LogP contribution is -2.39. The highest BCUT2D eigenvalue weighted by molar-refractivity contribution is 7.86. The Balaban J connectivity index is 1.63. The fourth-order valence-corrected chi connectivity index (χ4v) is 4.29. The van der Waals surface area contributed by atoms with Crippen LogP contribution < -0.4 is 0 Å². The molecule has 1 aromatic rings. The van der Waals surface area contributed by atoms with Crippen molar-refractivity contribution in [3.8, 4) is 0 Å². The van der Waals surface area contributed by atoms with Gasteiger partial charge in [-0.15, -0.1) is 0 Å². The third-order valence-corrected chi connectivity index (χ3v) is 6.08. The van der Waals surface area contributed by atoms with Gasteiger partial charge in [-0.2, -0.15) is 8.42 Å². The first-order chi connectivity index (χ1) is 9.89. The number of hydrogen-bond acceptors (Lipinski definition) is 4. The average Bonchev–Trinajstić information content (AvgIpc) is 3.27. The second-order valence-corrected chi connectivity index (χ2v) is 8.01. The van der Waals surface area contributed by atoms with Gasteiger partial charge in [0.2, 0.25) is 0 Å². The van der Waals surface area contributed by atoms with Gasteiger partial charge >= 0.3 is 0 Å². The fourth-order valence-electron chi connectivity index (χ4n) is 3.16. The molecule has 21 heavy (non-hydrogen) atoms. The minimum atomic E-state index is -3.70. The van der Waals surface area contributed by atoms with Gasteiger partial charge in [-0.05, 0) is 63.5 Å². The third kappa shape index (κ3) is 3.30. The lowest BCUT2D eigenvalue weighted by molar-refractivity contribution is -0.0416. The molecule has 0 bridgehead atoms. The molecule has 0 unspecified atom stereocenters. The van der Waals surface area contributed by atoms with Gasteiger partial charge in [0.15, 0.2) is 0 Å². The van der Waals surface area contributed by atoms with E-state index in [0.717, 1.165) is 18.4 Å². The van der Waals surface area contributed by atoms with E-state index in [4.69, 9.17) is 4.18 Å². The lowest BCUT2D eigenvalue weighted by atomic mass is 9.80. The smallest absolute Gasteiger partial charge is 0.297 e. The van der Waals surface area contributed by atoms with Crippen LogP contribution in [0.2, 0.25) is 0 Å². The summed E-state index contributed by atoms with van der Waals surface area (Å²) in [6.07, 6.45) is 4.40. The molecule has 0 aromatic heterocycles. The Kier molecular flexibility index (Phi) is 3.84.